The summed E-state index contributed by atoms with van der Waals surface area (Å²) in [5.41, 5.74) is -0.144. The number of halogens is 1. The van der Waals surface area contributed by atoms with Crippen LogP contribution in [0.1, 0.15) is 5.76 Å². The van der Waals surface area contributed by atoms with Gasteiger partial charge >= 0.3 is 0 Å². The van der Waals surface area contributed by atoms with Crippen LogP contribution < -0.4 is 15.4 Å². The zero-order valence-electron chi connectivity index (χ0n) is 16.1. The molecule has 0 aliphatic carbocycles. The van der Waals surface area contributed by atoms with Crippen LogP contribution in [0.2, 0.25) is 0 Å². The van der Waals surface area contributed by atoms with Gasteiger partial charge in [0.15, 0.2) is 5.50 Å². The molecule has 1 saturated heterocycles. The quantitative estimate of drug-likeness (QED) is 0.327. The normalized spacial score (nSPS) is 16.9. The van der Waals surface area contributed by atoms with Gasteiger partial charge in [-0.05, 0) is 36.4 Å². The molecule has 0 radical (unpaired) electrons. The zero-order valence-corrected chi connectivity index (χ0v) is 16.9. The molecule has 10 heteroatoms. The number of benzene rings is 2. The highest BCUT2D eigenvalue weighted by Crippen LogP contribution is 2.36. The van der Waals surface area contributed by atoms with Crippen molar-refractivity contribution in [3.63, 3.8) is 0 Å². The molecule has 0 saturated carbocycles. The fourth-order valence-corrected chi connectivity index (χ4v) is 3.94. The minimum Gasteiger partial charge on any atom is -0.497 e. The van der Waals surface area contributed by atoms with Gasteiger partial charge in [0.1, 0.15) is 23.1 Å². The molecule has 1 aliphatic heterocycles. The molecule has 1 amide bonds. The lowest BCUT2D eigenvalue weighted by Crippen LogP contribution is -2.31. The Morgan fingerprint density at radius 1 is 1.26 bits per heavy atom. The van der Waals surface area contributed by atoms with E-state index in [0.717, 1.165) is 0 Å². The third-order valence-electron chi connectivity index (χ3n) is 4.46. The number of anilines is 1. The van der Waals surface area contributed by atoms with E-state index in [4.69, 9.17) is 9.15 Å². The molecule has 1 aromatic heterocycles. The molecule has 3 aromatic rings. The number of para-hydroxylation sites is 1. The summed E-state index contributed by atoms with van der Waals surface area (Å²) in [5, 5.41) is 17.0. The van der Waals surface area contributed by atoms with E-state index in [0.29, 0.717) is 16.4 Å². The number of hydrogen-bond donors (Lipinski definition) is 2. The number of nitrogens with zero attached hydrogens (tertiary/aromatic N) is 1. The van der Waals surface area contributed by atoms with E-state index < -0.39 is 16.2 Å². The van der Waals surface area contributed by atoms with Crippen LogP contribution in [0, 0.1) is 15.9 Å². The predicted molar refractivity (Wildman–Crippen MR) is 115 cm³/mol. The Bertz CT molecular complexity index is 1190. The number of carbonyl (C=O) groups excluding carboxylic acids is 1. The van der Waals surface area contributed by atoms with Crippen LogP contribution in [0.25, 0.3) is 17.4 Å². The predicted octanol–water partition coefficient (Wildman–Crippen LogP) is 4.60. The Balaban J connectivity index is 1.54. The summed E-state index contributed by atoms with van der Waals surface area (Å²) < 4.78 is 24.6. The van der Waals surface area contributed by atoms with Gasteiger partial charge in [-0.2, -0.15) is 0 Å². The molecule has 1 fully saturated rings. The first-order valence-corrected chi connectivity index (χ1v) is 9.95. The SMILES string of the molecule is COc1ccc(-c2ccc(/C=C3\SC(Nc4ccccc4F)NC3=O)o2)c([N+](=O)[O-])c1. The van der Waals surface area contributed by atoms with E-state index in [1.54, 1.807) is 36.4 Å². The van der Waals surface area contributed by atoms with Crippen LogP contribution in [0.3, 0.4) is 0 Å². The highest BCUT2D eigenvalue weighted by Gasteiger charge is 2.28. The summed E-state index contributed by atoms with van der Waals surface area (Å²) in [6.45, 7) is 0. The number of thioether (sulfide) groups is 1. The van der Waals surface area contributed by atoms with Crippen LogP contribution in [0.4, 0.5) is 15.8 Å². The summed E-state index contributed by atoms with van der Waals surface area (Å²) in [5.74, 6) is 0.227. The number of carbonyl (C=O) groups is 1. The molecule has 4 rings (SSSR count). The second kappa shape index (κ2) is 8.52. The molecular formula is C21H16FN3O5S. The number of furan rings is 1. The Morgan fingerprint density at radius 3 is 2.81 bits per heavy atom. The fourth-order valence-electron chi connectivity index (χ4n) is 2.99. The number of hydrogen-bond acceptors (Lipinski definition) is 7. The van der Waals surface area contributed by atoms with Gasteiger partial charge in [-0.15, -0.1) is 0 Å². The Hall–Kier alpha value is -3.79. The molecule has 31 heavy (non-hydrogen) atoms. The monoisotopic (exact) mass is 441 g/mol. The number of ether oxygens (including phenoxy) is 1. The molecule has 1 unspecified atom stereocenters. The molecule has 2 N–H and O–H groups in total. The van der Waals surface area contributed by atoms with Crippen LogP contribution >= 0.6 is 11.8 Å². The molecule has 1 aliphatic rings. The summed E-state index contributed by atoms with van der Waals surface area (Å²) in [6.07, 6.45) is 1.53. The Labute approximate surface area is 180 Å². The lowest BCUT2D eigenvalue weighted by molar-refractivity contribution is -0.384. The van der Waals surface area contributed by atoms with E-state index in [2.05, 4.69) is 10.6 Å². The average molecular weight is 441 g/mol. The van der Waals surface area contributed by atoms with Crippen LogP contribution in [0.5, 0.6) is 5.75 Å². The molecule has 0 bridgehead atoms. The second-order valence-corrected chi connectivity index (χ2v) is 7.59. The number of methoxy groups -OCH3 is 1. The van der Waals surface area contributed by atoms with Gasteiger partial charge in [0.05, 0.1) is 34.3 Å². The van der Waals surface area contributed by atoms with Crippen molar-refractivity contribution in [2.24, 2.45) is 0 Å². The number of nitrogens with one attached hydrogen (secondary N) is 2. The fraction of sp³-hybridized carbons (Fsp3) is 0.0952. The molecule has 1 atom stereocenters. The first-order chi connectivity index (χ1) is 14.9. The first kappa shape index (κ1) is 20.5. The smallest absolute Gasteiger partial charge is 0.284 e. The van der Waals surface area contributed by atoms with Gasteiger partial charge in [-0.3, -0.25) is 14.9 Å². The van der Waals surface area contributed by atoms with Crippen LogP contribution in [-0.2, 0) is 4.79 Å². The van der Waals surface area contributed by atoms with Crippen molar-refractivity contribution in [3.8, 4) is 17.1 Å². The van der Waals surface area contributed by atoms with Crippen molar-refractivity contribution in [1.29, 1.82) is 0 Å². The zero-order chi connectivity index (χ0) is 22.0. The van der Waals surface area contributed by atoms with Gasteiger partial charge < -0.3 is 19.8 Å². The van der Waals surface area contributed by atoms with Crippen LogP contribution in [0.15, 0.2) is 63.9 Å². The van der Waals surface area contributed by atoms with Gasteiger partial charge in [0.2, 0.25) is 0 Å². The molecule has 158 valence electrons. The Kier molecular flexibility index (Phi) is 5.63. The second-order valence-electron chi connectivity index (χ2n) is 6.45. The lowest BCUT2D eigenvalue weighted by atomic mass is 10.1. The first-order valence-electron chi connectivity index (χ1n) is 9.07. The molecule has 8 nitrogen and oxygen atoms in total. The van der Waals surface area contributed by atoms with Crippen molar-refractivity contribution in [3.05, 3.63) is 81.2 Å². The highest BCUT2D eigenvalue weighted by molar-refractivity contribution is 8.05. The third-order valence-corrected chi connectivity index (χ3v) is 5.49. The van der Waals surface area contributed by atoms with E-state index in [-0.39, 0.29) is 28.6 Å². The minimum absolute atomic E-state index is 0.157. The Morgan fingerprint density at radius 2 is 2.06 bits per heavy atom. The number of nitro benzene ring substituents is 1. The maximum atomic E-state index is 13.8. The van der Waals surface area contributed by atoms with Crippen molar-refractivity contribution in [2.75, 3.05) is 12.4 Å². The van der Waals surface area contributed by atoms with Gasteiger partial charge in [-0.1, -0.05) is 23.9 Å². The van der Waals surface area contributed by atoms with Crippen molar-refractivity contribution in [1.82, 2.24) is 5.32 Å². The number of amides is 1. The van der Waals surface area contributed by atoms with Crippen LogP contribution in [-0.4, -0.2) is 23.4 Å². The van der Waals surface area contributed by atoms with Gasteiger partial charge in [0, 0.05) is 6.08 Å². The summed E-state index contributed by atoms with van der Waals surface area (Å²) >= 11 is 1.17. The molecule has 2 heterocycles. The highest BCUT2D eigenvalue weighted by atomic mass is 32.2. The summed E-state index contributed by atoms with van der Waals surface area (Å²) in [7, 11) is 1.43. The minimum atomic E-state index is -0.548. The van der Waals surface area contributed by atoms with Crippen molar-refractivity contribution < 1.29 is 23.3 Å². The largest absolute Gasteiger partial charge is 0.497 e. The van der Waals surface area contributed by atoms with E-state index in [9.17, 15) is 19.3 Å². The maximum absolute atomic E-state index is 13.8. The van der Waals surface area contributed by atoms with E-state index in [1.807, 2.05) is 0 Å². The standard InChI is InChI=1S/C21H16FN3O5S/c1-29-12-6-8-14(17(10-12)25(27)28)18-9-7-13(30-18)11-19-20(26)24-21(31-19)23-16-5-3-2-4-15(16)22/h2-11,21,23H,1H3,(H,24,26)/b19-11-. The molecular weight excluding hydrogens is 425 g/mol. The van der Waals surface area contributed by atoms with E-state index >= 15 is 0 Å². The number of nitro groups is 1. The third kappa shape index (κ3) is 4.38. The van der Waals surface area contributed by atoms with E-state index in [1.165, 1.54) is 43.1 Å². The molecule has 0 spiro atoms. The summed E-state index contributed by atoms with van der Waals surface area (Å²) in [4.78, 5) is 23.5. The molecule has 2 aromatic carbocycles. The van der Waals surface area contributed by atoms with Crippen molar-refractivity contribution in [2.45, 2.75) is 5.50 Å². The van der Waals surface area contributed by atoms with Gasteiger partial charge in [0.25, 0.3) is 11.6 Å². The topological polar surface area (TPSA) is 107 Å². The van der Waals surface area contributed by atoms with Gasteiger partial charge in [-0.25, -0.2) is 4.39 Å². The number of rotatable bonds is 6. The van der Waals surface area contributed by atoms with Crippen molar-refractivity contribution >= 4 is 35.1 Å². The maximum Gasteiger partial charge on any atom is 0.284 e. The summed E-state index contributed by atoms with van der Waals surface area (Å²) in [6, 6.07) is 13.8. The average Bonchev–Trinajstić information content (AvgIpc) is 3.36. The lowest BCUT2D eigenvalue weighted by Gasteiger charge is -2.12.